The number of likely N-dealkylation sites (N-methyl/N-ethyl adjacent to an activating group) is 1. The fourth-order valence-corrected chi connectivity index (χ4v) is 5.67. The van der Waals surface area contributed by atoms with Crippen LogP contribution in [0.5, 0.6) is 11.5 Å². The molecule has 3 rings (SSSR count). The van der Waals surface area contributed by atoms with Gasteiger partial charge < -0.3 is 14.4 Å². The predicted molar refractivity (Wildman–Crippen MR) is 152 cm³/mol. The molecule has 0 radical (unpaired) electrons. The third-order valence-corrected chi connectivity index (χ3v) is 7.80. The van der Waals surface area contributed by atoms with Crippen molar-refractivity contribution in [3.63, 3.8) is 0 Å². The standard InChI is InChI=1S/C30H38BrN3O4/c1-7-10-20-13-24-29(25(35)14-20)28(22(17-32)19(5)33-24)21-15-23(31)30(26(16-21)37-8-2)38-12-9-11-27(36)34(6)18(3)4/h9,11,15-16,18,20,22,28H,7-8,10,12-14H2,1-6H3. The van der Waals surface area contributed by atoms with Gasteiger partial charge in [0, 0.05) is 48.5 Å². The molecule has 0 saturated carbocycles. The van der Waals surface area contributed by atoms with Crippen molar-refractivity contribution in [1.82, 2.24) is 4.90 Å². The van der Waals surface area contributed by atoms with E-state index in [1.54, 1.807) is 18.0 Å². The number of carbonyl (C=O) groups excluding carboxylic acids is 2. The van der Waals surface area contributed by atoms with Crippen molar-refractivity contribution in [3.8, 4) is 17.6 Å². The van der Waals surface area contributed by atoms with Crippen LogP contribution in [0.25, 0.3) is 0 Å². The number of amides is 1. The Bertz CT molecular complexity index is 1190. The molecule has 0 aromatic heterocycles. The molecule has 1 aromatic carbocycles. The third kappa shape index (κ3) is 6.55. The molecule has 1 amide bonds. The Hall–Kier alpha value is -2.92. The van der Waals surface area contributed by atoms with Crippen molar-refractivity contribution in [2.24, 2.45) is 16.8 Å². The van der Waals surface area contributed by atoms with Crippen LogP contribution in [0.3, 0.4) is 0 Å². The minimum absolute atomic E-state index is 0.0850. The van der Waals surface area contributed by atoms with Gasteiger partial charge in [-0.2, -0.15) is 5.26 Å². The zero-order valence-electron chi connectivity index (χ0n) is 23.2. The predicted octanol–water partition coefficient (Wildman–Crippen LogP) is 6.38. The Kier molecular flexibility index (Phi) is 10.3. The van der Waals surface area contributed by atoms with Gasteiger partial charge >= 0.3 is 0 Å². The van der Waals surface area contributed by atoms with Gasteiger partial charge in [0.05, 0.1) is 23.1 Å². The van der Waals surface area contributed by atoms with Crippen LogP contribution in [0.4, 0.5) is 0 Å². The highest BCUT2D eigenvalue weighted by molar-refractivity contribution is 9.10. The van der Waals surface area contributed by atoms with Crippen molar-refractivity contribution >= 4 is 33.3 Å². The second kappa shape index (κ2) is 13.2. The summed E-state index contributed by atoms with van der Waals surface area (Å²) >= 11 is 3.63. The van der Waals surface area contributed by atoms with E-state index in [2.05, 4.69) is 28.9 Å². The van der Waals surface area contributed by atoms with Gasteiger partial charge in [-0.05, 0) is 86.2 Å². The zero-order chi connectivity index (χ0) is 28.0. The second-order valence-corrected chi connectivity index (χ2v) is 11.1. The lowest BCUT2D eigenvalue weighted by Gasteiger charge is -2.35. The molecule has 0 saturated heterocycles. The highest BCUT2D eigenvalue weighted by Crippen LogP contribution is 2.48. The fourth-order valence-electron chi connectivity index (χ4n) is 5.10. The molecule has 3 unspecified atom stereocenters. The maximum absolute atomic E-state index is 13.4. The van der Waals surface area contributed by atoms with E-state index in [0.717, 1.165) is 36.2 Å². The molecule has 1 aliphatic heterocycles. The number of nitrogens with zero attached hydrogens (tertiary/aromatic N) is 3. The van der Waals surface area contributed by atoms with Gasteiger partial charge in [-0.15, -0.1) is 0 Å². The number of allylic oxidation sites excluding steroid dienone is 2. The van der Waals surface area contributed by atoms with Gasteiger partial charge in [-0.25, -0.2) is 0 Å². The van der Waals surface area contributed by atoms with E-state index in [9.17, 15) is 14.9 Å². The Morgan fingerprint density at radius 1 is 1.29 bits per heavy atom. The maximum atomic E-state index is 13.4. The summed E-state index contributed by atoms with van der Waals surface area (Å²) in [4.78, 5) is 32.0. The SMILES string of the molecule is CCCC1CC(=O)C2=C(C1)N=C(C)C(C#N)C2c1cc(Br)c(OCC=CC(=O)N(C)C(C)C)c(OCC)c1. The molecule has 1 aliphatic carbocycles. The summed E-state index contributed by atoms with van der Waals surface area (Å²) in [5, 5.41) is 10.1. The van der Waals surface area contributed by atoms with Crippen LogP contribution < -0.4 is 9.47 Å². The number of benzene rings is 1. The highest BCUT2D eigenvalue weighted by atomic mass is 79.9. The molecule has 7 nitrogen and oxygen atoms in total. The summed E-state index contributed by atoms with van der Waals surface area (Å²) in [5.74, 6) is 0.346. The minimum atomic E-state index is -0.541. The van der Waals surface area contributed by atoms with Crippen molar-refractivity contribution in [3.05, 3.63) is 45.6 Å². The lowest BCUT2D eigenvalue weighted by Crippen LogP contribution is -2.32. The van der Waals surface area contributed by atoms with Gasteiger partial charge in [0.2, 0.25) is 5.91 Å². The Labute approximate surface area is 234 Å². The van der Waals surface area contributed by atoms with Crippen molar-refractivity contribution in [1.29, 1.82) is 5.26 Å². The molecule has 1 aromatic rings. The van der Waals surface area contributed by atoms with Crippen LogP contribution in [0.15, 0.2) is 45.0 Å². The number of carbonyl (C=O) groups is 2. The average molecular weight is 585 g/mol. The Morgan fingerprint density at radius 2 is 2.03 bits per heavy atom. The van der Waals surface area contributed by atoms with E-state index < -0.39 is 11.8 Å². The molecular weight excluding hydrogens is 546 g/mol. The lowest BCUT2D eigenvalue weighted by atomic mass is 9.70. The summed E-state index contributed by atoms with van der Waals surface area (Å²) in [6.07, 6.45) is 6.44. The van der Waals surface area contributed by atoms with E-state index >= 15 is 0 Å². The minimum Gasteiger partial charge on any atom is -0.490 e. The van der Waals surface area contributed by atoms with E-state index in [1.165, 1.54) is 6.08 Å². The molecule has 204 valence electrons. The van der Waals surface area contributed by atoms with Gasteiger partial charge in [0.25, 0.3) is 0 Å². The molecule has 38 heavy (non-hydrogen) atoms. The number of hydrogen-bond donors (Lipinski definition) is 0. The number of ether oxygens (including phenoxy) is 2. The van der Waals surface area contributed by atoms with Crippen LogP contribution in [0, 0.1) is 23.2 Å². The molecule has 0 bridgehead atoms. The first-order valence-electron chi connectivity index (χ1n) is 13.4. The third-order valence-electron chi connectivity index (χ3n) is 7.21. The quantitative estimate of drug-likeness (QED) is 0.298. The highest BCUT2D eigenvalue weighted by Gasteiger charge is 2.41. The second-order valence-electron chi connectivity index (χ2n) is 10.2. The number of hydrogen-bond acceptors (Lipinski definition) is 6. The zero-order valence-corrected chi connectivity index (χ0v) is 24.8. The molecule has 0 N–H and O–H groups in total. The van der Waals surface area contributed by atoms with Crippen molar-refractivity contribution in [2.75, 3.05) is 20.3 Å². The number of Topliss-reactive ketones (excluding diaryl/α,β-unsaturated/α-hetero) is 1. The first kappa shape index (κ1) is 29.6. The van der Waals surface area contributed by atoms with E-state index in [1.807, 2.05) is 39.8 Å². The number of rotatable bonds is 10. The van der Waals surface area contributed by atoms with Crippen LogP contribution in [-0.4, -0.2) is 48.6 Å². The van der Waals surface area contributed by atoms with E-state index in [0.29, 0.717) is 40.5 Å². The largest absolute Gasteiger partial charge is 0.490 e. The Morgan fingerprint density at radius 3 is 2.66 bits per heavy atom. The first-order chi connectivity index (χ1) is 18.1. The summed E-state index contributed by atoms with van der Waals surface area (Å²) < 4.78 is 12.6. The number of nitriles is 1. The number of ketones is 1. The monoisotopic (exact) mass is 583 g/mol. The van der Waals surface area contributed by atoms with E-state index in [-0.39, 0.29) is 24.3 Å². The normalized spacial score (nSPS) is 21.3. The first-order valence-corrected chi connectivity index (χ1v) is 14.1. The van der Waals surface area contributed by atoms with Crippen LogP contribution >= 0.6 is 15.9 Å². The number of halogens is 1. The van der Waals surface area contributed by atoms with Crippen LogP contribution in [-0.2, 0) is 9.59 Å². The van der Waals surface area contributed by atoms with Crippen LogP contribution in [0.1, 0.15) is 71.8 Å². The summed E-state index contributed by atoms with van der Waals surface area (Å²) in [6, 6.07) is 6.28. The van der Waals surface area contributed by atoms with Crippen molar-refractivity contribution in [2.45, 2.75) is 72.3 Å². The average Bonchev–Trinajstić information content (AvgIpc) is 2.86. The van der Waals surface area contributed by atoms with Gasteiger partial charge in [0.1, 0.15) is 6.61 Å². The maximum Gasteiger partial charge on any atom is 0.246 e. The molecule has 3 atom stereocenters. The molecule has 1 heterocycles. The molecule has 2 aliphatic rings. The molecule has 0 fully saturated rings. The van der Waals surface area contributed by atoms with Crippen LogP contribution in [0.2, 0.25) is 0 Å². The van der Waals surface area contributed by atoms with E-state index in [4.69, 9.17) is 14.5 Å². The van der Waals surface area contributed by atoms with Crippen molar-refractivity contribution < 1.29 is 19.1 Å². The Balaban J connectivity index is 1.95. The summed E-state index contributed by atoms with van der Waals surface area (Å²) in [5.41, 5.74) is 3.03. The fraction of sp³-hybridized carbons (Fsp3) is 0.533. The summed E-state index contributed by atoms with van der Waals surface area (Å²) in [7, 11) is 1.76. The smallest absolute Gasteiger partial charge is 0.246 e. The summed E-state index contributed by atoms with van der Waals surface area (Å²) in [6.45, 7) is 10.4. The lowest BCUT2D eigenvalue weighted by molar-refractivity contribution is -0.126. The van der Waals surface area contributed by atoms with Gasteiger partial charge in [-0.3, -0.25) is 14.6 Å². The molecule has 0 spiro atoms. The van der Waals surface area contributed by atoms with Gasteiger partial charge in [0.15, 0.2) is 17.3 Å². The van der Waals surface area contributed by atoms with Gasteiger partial charge in [-0.1, -0.05) is 13.3 Å². The molecule has 8 heteroatoms. The molecular formula is C30H38BrN3O4. The topological polar surface area (TPSA) is 92.0 Å². The number of aliphatic imine (C=N–C) groups is 1.